The van der Waals surface area contributed by atoms with Gasteiger partial charge in [0.1, 0.15) is 5.75 Å². The molecule has 0 saturated carbocycles. The van der Waals surface area contributed by atoms with Crippen molar-refractivity contribution in [3.63, 3.8) is 0 Å². The zero-order valence-electron chi connectivity index (χ0n) is 16.9. The minimum atomic E-state index is 0.118. The standard InChI is InChI=1S/C22H23ClN6O/c1-3-24-14-4-5-29(12-14)15-7-16-18(23)8-20(26-22(16)25-10-15)17-6-13-11-28(2)27-19(13)9-21(17)30/h6-11,14,24,30H,3-5,12H2,1-2H3/t14-/m1/s1. The van der Waals surface area contributed by atoms with Crippen LogP contribution in [0.3, 0.4) is 0 Å². The van der Waals surface area contributed by atoms with Gasteiger partial charge in [-0.25, -0.2) is 9.97 Å². The number of nitrogens with one attached hydrogen (secondary N) is 1. The molecule has 1 aromatic carbocycles. The molecule has 7 nitrogen and oxygen atoms in total. The largest absolute Gasteiger partial charge is 0.507 e. The first kappa shape index (κ1) is 19.1. The topological polar surface area (TPSA) is 79.1 Å². The highest BCUT2D eigenvalue weighted by Gasteiger charge is 2.22. The van der Waals surface area contributed by atoms with Crippen LogP contribution in [-0.4, -0.2) is 50.5 Å². The number of hydrogen-bond donors (Lipinski definition) is 2. The summed E-state index contributed by atoms with van der Waals surface area (Å²) in [5, 5.41) is 20.7. The molecule has 1 saturated heterocycles. The fourth-order valence-electron chi connectivity index (χ4n) is 4.21. The first-order valence-electron chi connectivity index (χ1n) is 10.1. The van der Waals surface area contributed by atoms with E-state index in [1.165, 1.54) is 0 Å². The van der Waals surface area contributed by atoms with Crippen molar-refractivity contribution in [3.8, 4) is 17.0 Å². The van der Waals surface area contributed by atoms with Gasteiger partial charge in [-0.1, -0.05) is 18.5 Å². The number of nitrogens with zero attached hydrogens (tertiary/aromatic N) is 5. The molecule has 1 aliphatic heterocycles. The number of pyridine rings is 2. The fourth-order valence-corrected chi connectivity index (χ4v) is 4.45. The van der Waals surface area contributed by atoms with Crippen LogP contribution in [0.4, 0.5) is 5.69 Å². The number of anilines is 1. The number of aryl methyl sites for hydroxylation is 1. The summed E-state index contributed by atoms with van der Waals surface area (Å²) in [7, 11) is 1.85. The van der Waals surface area contributed by atoms with Crippen molar-refractivity contribution in [3.05, 3.63) is 41.7 Å². The molecule has 1 aliphatic rings. The molecule has 5 rings (SSSR count). The fraction of sp³-hybridized carbons (Fsp3) is 0.318. The normalized spacial score (nSPS) is 16.8. The smallest absolute Gasteiger partial charge is 0.161 e. The Bertz CT molecular complexity index is 1250. The van der Waals surface area contributed by atoms with Crippen LogP contribution in [0.2, 0.25) is 5.02 Å². The molecule has 0 radical (unpaired) electrons. The number of halogens is 1. The quantitative estimate of drug-likeness (QED) is 0.521. The van der Waals surface area contributed by atoms with Gasteiger partial charge in [-0.15, -0.1) is 0 Å². The van der Waals surface area contributed by atoms with Crippen molar-refractivity contribution in [2.24, 2.45) is 7.05 Å². The SMILES string of the molecule is CCN[C@@H]1CCN(c2cnc3nc(-c4cc5cn(C)nc5cc4O)cc(Cl)c3c2)C1. The number of fused-ring (bicyclic) bond motifs is 2. The van der Waals surface area contributed by atoms with E-state index in [-0.39, 0.29) is 5.75 Å². The Morgan fingerprint density at radius 3 is 2.97 bits per heavy atom. The summed E-state index contributed by atoms with van der Waals surface area (Å²) < 4.78 is 1.72. The van der Waals surface area contributed by atoms with E-state index in [1.54, 1.807) is 16.8 Å². The summed E-state index contributed by atoms with van der Waals surface area (Å²) in [6.07, 6.45) is 4.88. The number of phenolic OH excluding ortho intramolecular Hbond substituents is 1. The van der Waals surface area contributed by atoms with Gasteiger partial charge in [0.2, 0.25) is 0 Å². The molecule has 30 heavy (non-hydrogen) atoms. The summed E-state index contributed by atoms with van der Waals surface area (Å²) in [6.45, 7) is 5.06. The maximum atomic E-state index is 10.5. The van der Waals surface area contributed by atoms with Gasteiger partial charge < -0.3 is 15.3 Å². The summed E-state index contributed by atoms with van der Waals surface area (Å²) in [5.41, 5.74) is 3.55. The van der Waals surface area contributed by atoms with Crippen LogP contribution in [0.5, 0.6) is 5.75 Å². The molecule has 0 unspecified atom stereocenters. The van der Waals surface area contributed by atoms with E-state index in [4.69, 9.17) is 11.6 Å². The first-order valence-corrected chi connectivity index (χ1v) is 10.5. The molecule has 3 aromatic heterocycles. The molecule has 4 aromatic rings. The molecule has 1 fully saturated rings. The molecule has 2 N–H and O–H groups in total. The number of phenols is 1. The number of aromatic hydroxyl groups is 1. The Morgan fingerprint density at radius 1 is 1.27 bits per heavy atom. The van der Waals surface area contributed by atoms with Crippen molar-refractivity contribution < 1.29 is 5.11 Å². The maximum absolute atomic E-state index is 10.5. The lowest BCUT2D eigenvalue weighted by Crippen LogP contribution is -2.32. The van der Waals surface area contributed by atoms with Crippen LogP contribution in [0.25, 0.3) is 33.2 Å². The highest BCUT2D eigenvalue weighted by atomic mass is 35.5. The predicted molar refractivity (Wildman–Crippen MR) is 120 cm³/mol. The molecule has 0 bridgehead atoms. The first-order chi connectivity index (χ1) is 14.5. The maximum Gasteiger partial charge on any atom is 0.161 e. The lowest BCUT2D eigenvalue weighted by Gasteiger charge is -2.19. The zero-order valence-corrected chi connectivity index (χ0v) is 17.7. The van der Waals surface area contributed by atoms with Crippen LogP contribution in [0.15, 0.2) is 36.7 Å². The van der Waals surface area contributed by atoms with E-state index in [0.717, 1.165) is 48.0 Å². The van der Waals surface area contributed by atoms with E-state index in [2.05, 4.69) is 38.3 Å². The van der Waals surface area contributed by atoms with Gasteiger partial charge in [-0.2, -0.15) is 5.10 Å². The Morgan fingerprint density at radius 2 is 2.13 bits per heavy atom. The van der Waals surface area contributed by atoms with Crippen LogP contribution in [-0.2, 0) is 7.05 Å². The predicted octanol–water partition coefficient (Wildman–Crippen LogP) is 3.73. The number of hydrogen-bond acceptors (Lipinski definition) is 6. The molecule has 1 atom stereocenters. The molecule has 0 amide bonds. The average molecular weight is 423 g/mol. The summed E-state index contributed by atoms with van der Waals surface area (Å²) in [4.78, 5) is 11.6. The highest BCUT2D eigenvalue weighted by molar-refractivity contribution is 6.35. The van der Waals surface area contributed by atoms with E-state index in [1.807, 2.05) is 25.5 Å². The van der Waals surface area contributed by atoms with Gasteiger partial charge in [0.15, 0.2) is 5.65 Å². The van der Waals surface area contributed by atoms with Crippen molar-refractivity contribution in [1.82, 2.24) is 25.1 Å². The van der Waals surface area contributed by atoms with Crippen molar-refractivity contribution in [2.75, 3.05) is 24.5 Å². The van der Waals surface area contributed by atoms with Crippen molar-refractivity contribution in [2.45, 2.75) is 19.4 Å². The third-order valence-corrected chi connectivity index (χ3v) is 5.97. The molecule has 154 valence electrons. The third kappa shape index (κ3) is 3.34. The van der Waals surface area contributed by atoms with Gasteiger partial charge in [0, 0.05) is 54.8 Å². The molecule has 8 heteroatoms. The zero-order chi connectivity index (χ0) is 20.8. The number of rotatable bonds is 4. The highest BCUT2D eigenvalue weighted by Crippen LogP contribution is 2.36. The molecule has 0 aliphatic carbocycles. The Labute approximate surface area is 179 Å². The average Bonchev–Trinajstić information content (AvgIpc) is 3.33. The Hall–Kier alpha value is -2.90. The van der Waals surface area contributed by atoms with Gasteiger partial charge in [-0.3, -0.25) is 4.68 Å². The summed E-state index contributed by atoms with van der Waals surface area (Å²) in [6, 6.07) is 7.88. The van der Waals surface area contributed by atoms with Gasteiger partial charge in [-0.05, 0) is 31.2 Å². The molecular weight excluding hydrogens is 400 g/mol. The third-order valence-electron chi connectivity index (χ3n) is 5.66. The van der Waals surface area contributed by atoms with E-state index < -0.39 is 0 Å². The van der Waals surface area contributed by atoms with Crippen LogP contribution < -0.4 is 10.2 Å². The van der Waals surface area contributed by atoms with Crippen LogP contribution in [0, 0.1) is 0 Å². The number of aromatic nitrogens is 4. The van der Waals surface area contributed by atoms with Gasteiger partial charge in [0.05, 0.1) is 28.1 Å². The lowest BCUT2D eigenvalue weighted by molar-refractivity contribution is 0.478. The van der Waals surface area contributed by atoms with E-state index in [0.29, 0.717) is 28.0 Å². The second-order valence-corrected chi connectivity index (χ2v) is 8.18. The van der Waals surface area contributed by atoms with E-state index in [9.17, 15) is 5.11 Å². The van der Waals surface area contributed by atoms with Gasteiger partial charge in [0.25, 0.3) is 0 Å². The molecule has 0 spiro atoms. The van der Waals surface area contributed by atoms with Gasteiger partial charge >= 0.3 is 0 Å². The number of likely N-dealkylation sites (N-methyl/N-ethyl adjacent to an activating group) is 1. The molecular formula is C22H23ClN6O. The Balaban J connectivity index is 1.53. The monoisotopic (exact) mass is 422 g/mol. The summed E-state index contributed by atoms with van der Waals surface area (Å²) >= 11 is 6.63. The van der Waals surface area contributed by atoms with Crippen LogP contribution >= 0.6 is 11.6 Å². The lowest BCUT2D eigenvalue weighted by atomic mass is 10.1. The Kier molecular flexibility index (Phi) is 4.72. The second kappa shape index (κ2) is 7.41. The van der Waals surface area contributed by atoms with Crippen LogP contribution in [0.1, 0.15) is 13.3 Å². The summed E-state index contributed by atoms with van der Waals surface area (Å²) in [5.74, 6) is 0.118. The minimum Gasteiger partial charge on any atom is -0.507 e. The molecule has 4 heterocycles. The van der Waals surface area contributed by atoms with Crippen molar-refractivity contribution in [1.29, 1.82) is 0 Å². The second-order valence-electron chi connectivity index (χ2n) is 7.77. The van der Waals surface area contributed by atoms with E-state index >= 15 is 0 Å². The minimum absolute atomic E-state index is 0.118. The number of benzene rings is 1. The van der Waals surface area contributed by atoms with Crippen molar-refractivity contribution >= 4 is 39.2 Å².